The summed E-state index contributed by atoms with van der Waals surface area (Å²) >= 11 is 0. The number of hydrogen-bond donors (Lipinski definition) is 1. The van der Waals surface area contributed by atoms with E-state index in [1.807, 2.05) is 0 Å². The standard InChI is InChI=1S/C15H15NO4/c1-9(17)16-15-5-14(6-15,7-15)13(18)10-2-3-11-12(4-10)20-8-19-11/h2-4H,5-8H2,1H3,(H,16,17). The molecule has 0 atom stereocenters. The highest BCUT2D eigenvalue weighted by atomic mass is 16.7. The molecule has 0 aromatic heterocycles. The minimum atomic E-state index is -0.268. The number of carbonyl (C=O) groups is 2. The van der Waals surface area contributed by atoms with Crippen molar-refractivity contribution >= 4 is 11.7 Å². The van der Waals surface area contributed by atoms with Gasteiger partial charge in [-0.05, 0) is 37.5 Å². The molecular formula is C15H15NO4. The number of rotatable bonds is 3. The average Bonchev–Trinajstić information content (AvgIpc) is 2.77. The normalized spacial score (nSPS) is 32.0. The Labute approximate surface area is 116 Å². The van der Waals surface area contributed by atoms with Crippen molar-refractivity contribution in [2.24, 2.45) is 5.41 Å². The van der Waals surface area contributed by atoms with Crippen molar-refractivity contribution in [1.82, 2.24) is 5.32 Å². The fourth-order valence-electron chi connectivity index (χ4n) is 3.88. The Morgan fingerprint density at radius 2 is 1.85 bits per heavy atom. The number of amides is 1. The quantitative estimate of drug-likeness (QED) is 0.851. The van der Waals surface area contributed by atoms with E-state index in [0.717, 1.165) is 19.3 Å². The molecule has 1 N–H and O–H groups in total. The molecule has 1 aromatic rings. The Hall–Kier alpha value is -2.04. The van der Waals surface area contributed by atoms with E-state index in [0.29, 0.717) is 17.1 Å². The lowest BCUT2D eigenvalue weighted by Gasteiger charge is -2.69. The Bertz CT molecular complexity index is 617. The summed E-state index contributed by atoms with van der Waals surface area (Å²) in [7, 11) is 0. The van der Waals surface area contributed by atoms with Gasteiger partial charge in [0.05, 0.1) is 0 Å². The molecule has 1 aromatic carbocycles. The van der Waals surface area contributed by atoms with Gasteiger partial charge >= 0.3 is 0 Å². The summed E-state index contributed by atoms with van der Waals surface area (Å²) in [5.74, 6) is 1.46. The molecule has 2 bridgehead atoms. The molecule has 1 heterocycles. The molecule has 1 aliphatic heterocycles. The summed E-state index contributed by atoms with van der Waals surface area (Å²) < 4.78 is 10.6. The first-order chi connectivity index (χ1) is 9.52. The molecule has 0 spiro atoms. The van der Waals surface area contributed by atoms with E-state index in [4.69, 9.17) is 9.47 Å². The van der Waals surface area contributed by atoms with Crippen molar-refractivity contribution in [1.29, 1.82) is 0 Å². The molecule has 3 aliphatic carbocycles. The maximum Gasteiger partial charge on any atom is 0.231 e. The maximum absolute atomic E-state index is 12.6. The number of benzene rings is 1. The summed E-state index contributed by atoms with van der Waals surface area (Å²) in [5.41, 5.74) is 0.291. The maximum atomic E-state index is 12.6. The van der Waals surface area contributed by atoms with Gasteiger partial charge in [0.1, 0.15) is 0 Å². The summed E-state index contributed by atoms with van der Waals surface area (Å²) in [4.78, 5) is 23.7. The van der Waals surface area contributed by atoms with E-state index in [2.05, 4.69) is 5.32 Å². The van der Waals surface area contributed by atoms with E-state index in [9.17, 15) is 9.59 Å². The third kappa shape index (κ3) is 1.43. The third-order valence-electron chi connectivity index (χ3n) is 4.59. The van der Waals surface area contributed by atoms with Crippen LogP contribution >= 0.6 is 0 Å². The number of hydrogen-bond acceptors (Lipinski definition) is 4. The van der Waals surface area contributed by atoms with Gasteiger partial charge in [-0.1, -0.05) is 0 Å². The minimum absolute atomic E-state index is 0.0196. The number of ether oxygens (including phenoxy) is 2. The lowest BCUT2D eigenvalue weighted by Crippen LogP contribution is -2.76. The van der Waals surface area contributed by atoms with Gasteiger partial charge in [0.25, 0.3) is 0 Å². The second-order valence-corrected chi connectivity index (χ2v) is 6.17. The Balaban J connectivity index is 1.52. The monoisotopic (exact) mass is 273 g/mol. The molecular weight excluding hydrogens is 258 g/mol. The molecule has 0 radical (unpaired) electrons. The molecule has 104 valence electrons. The summed E-state index contributed by atoms with van der Waals surface area (Å²) in [6.45, 7) is 1.73. The van der Waals surface area contributed by atoms with Crippen molar-refractivity contribution < 1.29 is 19.1 Å². The van der Waals surface area contributed by atoms with Gasteiger partial charge in [0, 0.05) is 23.4 Å². The molecule has 20 heavy (non-hydrogen) atoms. The second-order valence-electron chi connectivity index (χ2n) is 6.17. The van der Waals surface area contributed by atoms with Crippen molar-refractivity contribution in [2.45, 2.75) is 31.7 Å². The van der Waals surface area contributed by atoms with Crippen LogP contribution in [0.2, 0.25) is 0 Å². The molecule has 3 saturated carbocycles. The lowest BCUT2D eigenvalue weighted by atomic mass is 9.37. The van der Waals surface area contributed by atoms with Crippen LogP contribution in [-0.2, 0) is 4.79 Å². The van der Waals surface area contributed by atoms with Crippen LogP contribution in [0.5, 0.6) is 11.5 Å². The van der Waals surface area contributed by atoms with Gasteiger partial charge in [-0.25, -0.2) is 0 Å². The minimum Gasteiger partial charge on any atom is -0.454 e. The molecule has 4 aliphatic rings. The van der Waals surface area contributed by atoms with Gasteiger partial charge in [0.15, 0.2) is 17.3 Å². The van der Waals surface area contributed by atoms with Crippen LogP contribution in [0.3, 0.4) is 0 Å². The predicted octanol–water partition coefficient (Wildman–Crippen LogP) is 1.66. The zero-order valence-electron chi connectivity index (χ0n) is 11.2. The largest absolute Gasteiger partial charge is 0.454 e. The number of ketones is 1. The first kappa shape index (κ1) is 11.8. The van der Waals surface area contributed by atoms with Crippen LogP contribution in [-0.4, -0.2) is 24.0 Å². The molecule has 3 fully saturated rings. The number of nitrogens with one attached hydrogen (secondary N) is 1. The first-order valence-electron chi connectivity index (χ1n) is 6.75. The molecule has 0 unspecified atom stereocenters. The Morgan fingerprint density at radius 3 is 2.55 bits per heavy atom. The van der Waals surface area contributed by atoms with E-state index < -0.39 is 0 Å². The summed E-state index contributed by atoms with van der Waals surface area (Å²) in [6, 6.07) is 5.34. The fourth-order valence-corrected chi connectivity index (χ4v) is 3.88. The molecule has 5 nitrogen and oxygen atoms in total. The van der Waals surface area contributed by atoms with Crippen LogP contribution < -0.4 is 14.8 Å². The molecule has 0 saturated heterocycles. The molecule has 5 heteroatoms. The highest BCUT2D eigenvalue weighted by Crippen LogP contribution is 2.68. The highest BCUT2D eigenvalue weighted by Gasteiger charge is 2.71. The van der Waals surface area contributed by atoms with Crippen LogP contribution in [0.1, 0.15) is 36.5 Å². The van der Waals surface area contributed by atoms with Gasteiger partial charge in [-0.2, -0.15) is 0 Å². The summed E-state index contributed by atoms with van der Waals surface area (Å²) in [5, 5.41) is 2.96. The Morgan fingerprint density at radius 1 is 1.15 bits per heavy atom. The lowest BCUT2D eigenvalue weighted by molar-refractivity contribution is -0.144. The molecule has 5 rings (SSSR count). The van der Waals surface area contributed by atoms with Gasteiger partial charge in [0.2, 0.25) is 12.7 Å². The van der Waals surface area contributed by atoms with Crippen molar-refractivity contribution in [3.8, 4) is 11.5 Å². The highest BCUT2D eigenvalue weighted by molar-refractivity contribution is 6.04. The number of carbonyl (C=O) groups excluding carboxylic acids is 2. The van der Waals surface area contributed by atoms with Crippen LogP contribution in [0.25, 0.3) is 0 Å². The average molecular weight is 273 g/mol. The third-order valence-corrected chi connectivity index (χ3v) is 4.59. The van der Waals surface area contributed by atoms with E-state index in [1.54, 1.807) is 18.2 Å². The second kappa shape index (κ2) is 3.53. The van der Waals surface area contributed by atoms with Gasteiger partial charge in [-0.15, -0.1) is 0 Å². The zero-order chi connectivity index (χ0) is 14.0. The molecule has 1 amide bonds. The van der Waals surface area contributed by atoms with Crippen LogP contribution in [0.15, 0.2) is 18.2 Å². The predicted molar refractivity (Wildman–Crippen MR) is 69.7 cm³/mol. The zero-order valence-corrected chi connectivity index (χ0v) is 11.2. The van der Waals surface area contributed by atoms with Crippen LogP contribution in [0.4, 0.5) is 0 Å². The smallest absolute Gasteiger partial charge is 0.231 e. The van der Waals surface area contributed by atoms with Gasteiger partial charge in [-0.3, -0.25) is 9.59 Å². The topological polar surface area (TPSA) is 64.6 Å². The van der Waals surface area contributed by atoms with Crippen molar-refractivity contribution in [3.63, 3.8) is 0 Å². The first-order valence-corrected chi connectivity index (χ1v) is 6.75. The SMILES string of the molecule is CC(=O)NC12CC(C(=O)c3ccc4c(c3)OCO4)(C1)C2. The van der Waals surface area contributed by atoms with Crippen molar-refractivity contribution in [2.75, 3.05) is 6.79 Å². The van der Waals surface area contributed by atoms with Crippen molar-refractivity contribution in [3.05, 3.63) is 23.8 Å². The van der Waals surface area contributed by atoms with E-state index >= 15 is 0 Å². The number of Topliss-reactive ketones (excluding diaryl/α,β-unsaturated/α-hetero) is 1. The van der Waals surface area contributed by atoms with Gasteiger partial charge < -0.3 is 14.8 Å². The van der Waals surface area contributed by atoms with Crippen LogP contribution in [0, 0.1) is 5.41 Å². The number of fused-ring (bicyclic) bond motifs is 1. The fraction of sp³-hybridized carbons (Fsp3) is 0.467. The Kier molecular flexibility index (Phi) is 2.08. The summed E-state index contributed by atoms with van der Waals surface area (Å²) in [6.07, 6.45) is 2.27. The van der Waals surface area contributed by atoms with E-state index in [-0.39, 0.29) is 29.4 Å². The van der Waals surface area contributed by atoms with E-state index in [1.165, 1.54) is 6.92 Å².